The highest BCUT2D eigenvalue weighted by Gasteiger charge is 2.48. The summed E-state index contributed by atoms with van der Waals surface area (Å²) in [6.07, 6.45) is 8.12. The Labute approximate surface area is 214 Å². The highest BCUT2D eigenvalue weighted by atomic mass is 16.5. The summed E-state index contributed by atoms with van der Waals surface area (Å²) in [5, 5.41) is 2.83. The zero-order chi connectivity index (χ0) is 25.8. The zero-order valence-corrected chi connectivity index (χ0v) is 20.3. The lowest BCUT2D eigenvalue weighted by Crippen LogP contribution is -2.53. The van der Waals surface area contributed by atoms with Crippen LogP contribution in [0.15, 0.2) is 82.4 Å². The lowest BCUT2D eigenvalue weighted by molar-refractivity contribution is -0.750. The Morgan fingerprint density at radius 2 is 2.08 bits per heavy atom. The maximum absolute atomic E-state index is 13.3. The number of nitrogens with one attached hydrogen (secondary N) is 1. The number of pyridine rings is 1. The van der Waals surface area contributed by atoms with Gasteiger partial charge in [-0.15, -0.1) is 4.59 Å². The Kier molecular flexibility index (Phi) is 6.74. The van der Waals surface area contributed by atoms with Crippen LogP contribution in [0, 0.1) is 11.8 Å². The Hall–Kier alpha value is -4.43. The van der Waals surface area contributed by atoms with E-state index < -0.39 is 0 Å². The summed E-state index contributed by atoms with van der Waals surface area (Å²) in [5.41, 5.74) is 2.26. The predicted molar refractivity (Wildman–Crippen MR) is 139 cm³/mol. The van der Waals surface area contributed by atoms with E-state index in [1.165, 1.54) is 7.11 Å². The molecule has 0 spiro atoms. The lowest BCUT2D eigenvalue weighted by Gasteiger charge is -2.28. The van der Waals surface area contributed by atoms with Gasteiger partial charge in [0.1, 0.15) is 24.3 Å². The Balaban J connectivity index is 1.53. The molecule has 2 amide bonds. The molecule has 5 rings (SSSR count). The molecule has 1 aromatic carbocycles. The number of hydrogen-bond acceptors (Lipinski definition) is 7. The van der Waals surface area contributed by atoms with E-state index >= 15 is 0 Å². The van der Waals surface area contributed by atoms with E-state index in [4.69, 9.17) is 15.6 Å². The van der Waals surface area contributed by atoms with E-state index in [0.717, 1.165) is 6.42 Å². The van der Waals surface area contributed by atoms with Gasteiger partial charge in [-0.05, 0) is 43.0 Å². The molecule has 2 aromatic rings. The summed E-state index contributed by atoms with van der Waals surface area (Å²) in [6, 6.07) is 12.1. The first-order chi connectivity index (χ1) is 18.0. The van der Waals surface area contributed by atoms with Crippen molar-refractivity contribution < 1.29 is 18.9 Å². The second kappa shape index (κ2) is 10.3. The molecule has 186 valence electrons. The maximum atomic E-state index is 13.3. The largest absolute Gasteiger partial charge is 0.372 e. The molecule has 3 aliphatic rings. The van der Waals surface area contributed by atoms with E-state index in [9.17, 15) is 9.59 Å². The standard InChI is InChI=1S/C27H25N7O3/c1-37-17-7-12-24(35)33-15-6-10-21(33)25-22-18-29-14-16-34(22,28)26(32-25)19-8-2-3-9-20(19)27(36)31-23-11-4-5-13-30-23/h2-5,8-9,11,13-14,16,18,21H,6,10,15,17,28H2,1H3/p+1. The van der Waals surface area contributed by atoms with Crippen LogP contribution in [0.1, 0.15) is 28.8 Å². The molecule has 3 aliphatic heterocycles. The fourth-order valence-electron chi connectivity index (χ4n) is 4.68. The first-order valence-corrected chi connectivity index (χ1v) is 11.9. The first kappa shape index (κ1) is 24.3. The van der Waals surface area contributed by atoms with E-state index in [0.29, 0.717) is 47.1 Å². The number of nitrogens with two attached hydrogens (primary N) is 1. The van der Waals surface area contributed by atoms with Crippen molar-refractivity contribution in [1.29, 1.82) is 0 Å². The van der Waals surface area contributed by atoms with Crippen molar-refractivity contribution in [3.8, 4) is 11.8 Å². The molecular formula is C27H26N7O3+. The molecule has 10 nitrogen and oxygen atoms in total. The van der Waals surface area contributed by atoms with Gasteiger partial charge in [-0.25, -0.2) is 4.98 Å². The van der Waals surface area contributed by atoms with Gasteiger partial charge in [0.2, 0.25) is 5.70 Å². The predicted octanol–water partition coefficient (Wildman–Crippen LogP) is 2.19. The van der Waals surface area contributed by atoms with Gasteiger partial charge < -0.3 is 15.0 Å². The van der Waals surface area contributed by atoms with Gasteiger partial charge in [0, 0.05) is 19.9 Å². The van der Waals surface area contributed by atoms with Gasteiger partial charge in [-0.3, -0.25) is 14.6 Å². The second-order valence-electron chi connectivity index (χ2n) is 8.67. The normalized spacial score (nSPS) is 21.8. The number of aliphatic imine (C=N–C) groups is 2. The van der Waals surface area contributed by atoms with Crippen LogP contribution in [0.2, 0.25) is 0 Å². The van der Waals surface area contributed by atoms with Crippen LogP contribution in [0.4, 0.5) is 5.82 Å². The third-order valence-corrected chi connectivity index (χ3v) is 6.38. The molecule has 0 bridgehead atoms. The molecule has 0 saturated carbocycles. The number of allylic oxidation sites excluding steroid dienone is 1. The van der Waals surface area contributed by atoms with Crippen LogP contribution in [-0.2, 0) is 9.53 Å². The van der Waals surface area contributed by atoms with Gasteiger partial charge >= 0.3 is 0 Å². The van der Waals surface area contributed by atoms with E-state index in [1.807, 2.05) is 12.1 Å². The molecule has 1 saturated heterocycles. The third kappa shape index (κ3) is 4.59. The highest BCUT2D eigenvalue weighted by molar-refractivity contribution is 6.13. The summed E-state index contributed by atoms with van der Waals surface area (Å²) in [5.74, 6) is 12.6. The lowest BCUT2D eigenvalue weighted by atomic mass is 10.0. The molecule has 1 fully saturated rings. The molecule has 0 aliphatic carbocycles. The van der Waals surface area contributed by atoms with Gasteiger partial charge in [0.05, 0.1) is 29.6 Å². The van der Waals surface area contributed by atoms with Crippen LogP contribution in [0.5, 0.6) is 0 Å². The number of nitrogens with zero attached hydrogens (tertiary/aromatic N) is 5. The molecule has 37 heavy (non-hydrogen) atoms. The molecule has 4 heterocycles. The number of aromatic nitrogens is 1. The number of carbonyl (C=O) groups excluding carboxylic acids is 2. The second-order valence-corrected chi connectivity index (χ2v) is 8.67. The maximum Gasteiger partial charge on any atom is 0.299 e. The summed E-state index contributed by atoms with van der Waals surface area (Å²) in [7, 11) is 1.53. The summed E-state index contributed by atoms with van der Waals surface area (Å²) in [6.45, 7) is 0.742. The number of quaternary nitrogens is 1. The van der Waals surface area contributed by atoms with Crippen molar-refractivity contribution >= 4 is 29.7 Å². The fraction of sp³-hybridized carbons (Fsp3) is 0.222. The molecule has 1 aromatic heterocycles. The van der Waals surface area contributed by atoms with Crippen LogP contribution < -0.4 is 11.2 Å². The number of benzene rings is 1. The minimum Gasteiger partial charge on any atom is -0.372 e. The number of rotatable bonds is 5. The SMILES string of the molecule is COCC#CC(=O)N1CCCC1C1=C2C=NC=C[N+]2(N)C(c2ccccc2C(=O)Nc2ccccn2)=N1. The van der Waals surface area contributed by atoms with Crippen molar-refractivity contribution in [3.63, 3.8) is 0 Å². The van der Waals surface area contributed by atoms with Gasteiger partial charge in [0.15, 0.2) is 0 Å². The minimum atomic E-state index is -0.334. The van der Waals surface area contributed by atoms with Crippen molar-refractivity contribution in [2.45, 2.75) is 18.9 Å². The summed E-state index contributed by atoms with van der Waals surface area (Å²) < 4.78 is 4.68. The number of carbonyl (C=O) groups is 2. The summed E-state index contributed by atoms with van der Waals surface area (Å²) in [4.78, 5) is 41.3. The number of anilines is 1. The Morgan fingerprint density at radius 1 is 1.24 bits per heavy atom. The average Bonchev–Trinajstić information content (AvgIpc) is 3.52. The number of amidine groups is 1. The number of likely N-dealkylation sites (tertiary alicyclic amines) is 1. The fourth-order valence-corrected chi connectivity index (χ4v) is 4.68. The Morgan fingerprint density at radius 3 is 2.89 bits per heavy atom. The van der Waals surface area contributed by atoms with E-state index in [2.05, 4.69) is 27.1 Å². The number of methoxy groups -OCH3 is 1. The van der Waals surface area contributed by atoms with Gasteiger partial charge in [0.25, 0.3) is 17.6 Å². The van der Waals surface area contributed by atoms with Crippen molar-refractivity contribution in [2.24, 2.45) is 15.8 Å². The molecular weight excluding hydrogens is 470 g/mol. The molecule has 10 heteroatoms. The van der Waals surface area contributed by atoms with Crippen molar-refractivity contribution in [1.82, 2.24) is 9.88 Å². The number of amides is 2. The highest BCUT2D eigenvalue weighted by Crippen LogP contribution is 2.37. The summed E-state index contributed by atoms with van der Waals surface area (Å²) >= 11 is 0. The van der Waals surface area contributed by atoms with Crippen molar-refractivity contribution in [2.75, 3.05) is 25.6 Å². The third-order valence-electron chi connectivity index (χ3n) is 6.38. The molecule has 0 radical (unpaired) electrons. The minimum absolute atomic E-state index is 0.179. The van der Waals surface area contributed by atoms with Gasteiger partial charge in [-0.1, -0.05) is 24.1 Å². The average molecular weight is 497 g/mol. The van der Waals surface area contributed by atoms with Crippen LogP contribution in [0.3, 0.4) is 0 Å². The topological polar surface area (TPSA) is 122 Å². The molecule has 2 atom stereocenters. The van der Waals surface area contributed by atoms with E-state index in [-0.39, 0.29) is 29.1 Å². The van der Waals surface area contributed by atoms with Crippen LogP contribution in [0.25, 0.3) is 0 Å². The monoisotopic (exact) mass is 496 g/mol. The van der Waals surface area contributed by atoms with Crippen molar-refractivity contribution in [3.05, 3.63) is 83.6 Å². The smallest absolute Gasteiger partial charge is 0.299 e. The number of hydrogen-bond donors (Lipinski definition) is 2. The first-order valence-electron chi connectivity index (χ1n) is 11.9. The number of ether oxygens (including phenoxy) is 1. The number of fused-ring (bicyclic) bond motifs is 1. The zero-order valence-electron chi connectivity index (χ0n) is 20.3. The van der Waals surface area contributed by atoms with Crippen LogP contribution >= 0.6 is 0 Å². The molecule has 2 unspecified atom stereocenters. The molecule has 3 N–H and O–H groups in total. The quantitative estimate of drug-likeness (QED) is 0.373. The van der Waals surface area contributed by atoms with Crippen LogP contribution in [-0.4, -0.2) is 64.6 Å². The van der Waals surface area contributed by atoms with E-state index in [1.54, 1.807) is 60.0 Å². The van der Waals surface area contributed by atoms with Gasteiger partial charge in [-0.2, -0.15) is 10.8 Å². The Bertz CT molecular complexity index is 1420.